The van der Waals surface area contributed by atoms with Gasteiger partial charge in [-0.25, -0.2) is 8.42 Å². The van der Waals surface area contributed by atoms with Gasteiger partial charge >= 0.3 is 0 Å². The first-order valence-electron chi connectivity index (χ1n) is 6.54. The lowest BCUT2D eigenvalue weighted by atomic mass is 9.89. The Morgan fingerprint density at radius 2 is 2.33 bits per heavy atom. The summed E-state index contributed by atoms with van der Waals surface area (Å²) in [5, 5.41) is 3.46. The Kier molecular flexibility index (Phi) is 4.62. The Balaban J connectivity index is 1.86. The summed E-state index contributed by atoms with van der Waals surface area (Å²) >= 11 is 1.96. The Morgan fingerprint density at radius 3 is 2.94 bits per heavy atom. The fourth-order valence-corrected chi connectivity index (χ4v) is 5.32. The minimum Gasteiger partial charge on any atom is -0.374 e. The normalized spacial score (nSPS) is 34.9. The number of rotatable bonds is 4. The summed E-state index contributed by atoms with van der Waals surface area (Å²) in [5.74, 6) is 2.49. The molecule has 106 valence electrons. The fraction of sp³-hybridized carbons (Fsp3) is 1.00. The molecule has 3 atom stereocenters. The highest BCUT2D eigenvalue weighted by Gasteiger charge is 2.40. The molecular weight excluding hydrogens is 270 g/mol. The summed E-state index contributed by atoms with van der Waals surface area (Å²) < 4.78 is 28.5. The third-order valence-corrected chi connectivity index (χ3v) is 5.96. The van der Waals surface area contributed by atoms with Crippen LogP contribution in [0.4, 0.5) is 0 Å². The summed E-state index contributed by atoms with van der Waals surface area (Å²) in [4.78, 5) is 0. The van der Waals surface area contributed by atoms with Gasteiger partial charge in [-0.2, -0.15) is 11.8 Å². The van der Waals surface area contributed by atoms with Gasteiger partial charge < -0.3 is 10.1 Å². The van der Waals surface area contributed by atoms with Gasteiger partial charge in [0.05, 0.1) is 11.4 Å². The summed E-state index contributed by atoms with van der Waals surface area (Å²) in [5.41, 5.74) is 0.0609. The van der Waals surface area contributed by atoms with E-state index in [0.29, 0.717) is 6.04 Å². The monoisotopic (exact) mass is 293 g/mol. The van der Waals surface area contributed by atoms with Crippen molar-refractivity contribution >= 4 is 21.6 Å². The van der Waals surface area contributed by atoms with Crippen LogP contribution in [-0.2, 0) is 14.6 Å². The first-order valence-corrected chi connectivity index (χ1v) is 9.76. The predicted molar refractivity (Wildman–Crippen MR) is 76.0 cm³/mol. The van der Waals surface area contributed by atoms with Crippen LogP contribution in [0.5, 0.6) is 0 Å². The van der Waals surface area contributed by atoms with E-state index in [2.05, 4.69) is 5.32 Å². The van der Waals surface area contributed by atoms with Crippen LogP contribution < -0.4 is 5.32 Å². The zero-order valence-electron chi connectivity index (χ0n) is 11.1. The van der Waals surface area contributed by atoms with Crippen LogP contribution >= 0.6 is 11.8 Å². The third kappa shape index (κ3) is 4.11. The van der Waals surface area contributed by atoms with Gasteiger partial charge in [0.25, 0.3) is 0 Å². The van der Waals surface area contributed by atoms with Crippen molar-refractivity contribution < 1.29 is 13.2 Å². The highest BCUT2D eigenvalue weighted by atomic mass is 32.2. The van der Waals surface area contributed by atoms with Crippen molar-refractivity contribution in [3.05, 3.63) is 0 Å². The van der Waals surface area contributed by atoms with E-state index in [4.69, 9.17) is 4.74 Å². The first kappa shape index (κ1) is 14.6. The second-order valence-electron chi connectivity index (χ2n) is 5.68. The molecule has 1 spiro atoms. The Morgan fingerprint density at radius 1 is 1.56 bits per heavy atom. The van der Waals surface area contributed by atoms with Gasteiger partial charge in [0, 0.05) is 30.7 Å². The molecule has 0 aromatic carbocycles. The standard InChI is InChI=1S/C12H23NO3S2/c1-10(8-18(2,14)15)13-11-3-5-16-12(7-11)4-6-17-9-12/h10-11,13H,3-9H2,1-2H3. The van der Waals surface area contributed by atoms with Gasteiger partial charge in [0.1, 0.15) is 9.84 Å². The fourth-order valence-electron chi connectivity index (χ4n) is 2.94. The number of ether oxygens (including phenoxy) is 1. The van der Waals surface area contributed by atoms with E-state index in [0.717, 1.165) is 31.6 Å². The second kappa shape index (κ2) is 5.69. The van der Waals surface area contributed by atoms with Crippen molar-refractivity contribution in [3.8, 4) is 0 Å². The molecule has 0 saturated carbocycles. The molecule has 18 heavy (non-hydrogen) atoms. The van der Waals surface area contributed by atoms with E-state index in [1.807, 2.05) is 18.7 Å². The molecule has 2 saturated heterocycles. The molecule has 3 unspecified atom stereocenters. The van der Waals surface area contributed by atoms with Gasteiger partial charge in [-0.3, -0.25) is 0 Å². The predicted octanol–water partition coefficient (Wildman–Crippen LogP) is 1.06. The van der Waals surface area contributed by atoms with Gasteiger partial charge in [-0.1, -0.05) is 0 Å². The van der Waals surface area contributed by atoms with Crippen molar-refractivity contribution in [2.45, 2.75) is 43.9 Å². The average molecular weight is 293 g/mol. The molecule has 2 aliphatic rings. The molecule has 6 heteroatoms. The molecule has 2 rings (SSSR count). The van der Waals surface area contributed by atoms with E-state index in [1.165, 1.54) is 12.0 Å². The third-order valence-electron chi connectivity index (χ3n) is 3.63. The van der Waals surface area contributed by atoms with Crippen LogP contribution in [0, 0.1) is 0 Å². The van der Waals surface area contributed by atoms with Crippen LogP contribution in [0.2, 0.25) is 0 Å². The number of hydrogen-bond donors (Lipinski definition) is 1. The zero-order valence-corrected chi connectivity index (χ0v) is 12.8. The van der Waals surface area contributed by atoms with Crippen LogP contribution in [0.1, 0.15) is 26.2 Å². The van der Waals surface area contributed by atoms with Gasteiger partial charge in [-0.05, 0) is 31.9 Å². The Hall–Kier alpha value is 0.220. The first-order chi connectivity index (χ1) is 8.39. The van der Waals surface area contributed by atoms with Crippen molar-refractivity contribution in [1.29, 1.82) is 0 Å². The van der Waals surface area contributed by atoms with E-state index in [1.54, 1.807) is 0 Å². The smallest absolute Gasteiger partial charge is 0.148 e. The van der Waals surface area contributed by atoms with Gasteiger partial charge in [0.2, 0.25) is 0 Å². The Labute approximate surface area is 114 Å². The second-order valence-corrected chi connectivity index (χ2v) is 8.97. The summed E-state index contributed by atoms with van der Waals surface area (Å²) in [6, 6.07) is 0.420. The van der Waals surface area contributed by atoms with Crippen molar-refractivity contribution in [2.24, 2.45) is 0 Å². The summed E-state index contributed by atoms with van der Waals surface area (Å²) in [6.45, 7) is 2.75. The Bertz CT molecular complexity index is 377. The minimum atomic E-state index is -2.90. The molecule has 0 aromatic heterocycles. The highest BCUT2D eigenvalue weighted by Crippen LogP contribution is 2.38. The number of thioether (sulfide) groups is 1. The van der Waals surface area contributed by atoms with E-state index in [-0.39, 0.29) is 17.4 Å². The molecule has 2 heterocycles. The molecule has 1 N–H and O–H groups in total. The zero-order chi connectivity index (χ0) is 13.2. The number of nitrogens with one attached hydrogen (secondary N) is 1. The largest absolute Gasteiger partial charge is 0.374 e. The van der Waals surface area contributed by atoms with E-state index >= 15 is 0 Å². The van der Waals surface area contributed by atoms with Crippen LogP contribution in [0.15, 0.2) is 0 Å². The maximum atomic E-state index is 11.3. The molecule has 0 radical (unpaired) electrons. The van der Waals surface area contributed by atoms with Crippen molar-refractivity contribution in [2.75, 3.05) is 30.1 Å². The van der Waals surface area contributed by atoms with Crippen LogP contribution in [0.25, 0.3) is 0 Å². The van der Waals surface area contributed by atoms with Crippen molar-refractivity contribution in [3.63, 3.8) is 0 Å². The molecule has 2 aliphatic heterocycles. The minimum absolute atomic E-state index is 0.0224. The van der Waals surface area contributed by atoms with Gasteiger partial charge in [0.15, 0.2) is 0 Å². The molecular formula is C12H23NO3S2. The lowest BCUT2D eigenvalue weighted by molar-refractivity contribution is -0.0708. The summed E-state index contributed by atoms with van der Waals surface area (Å²) in [7, 11) is -2.90. The molecule has 0 bridgehead atoms. The molecule has 4 nitrogen and oxygen atoms in total. The average Bonchev–Trinajstić information content (AvgIpc) is 2.63. The molecule has 0 aliphatic carbocycles. The lowest BCUT2D eigenvalue weighted by Crippen LogP contribution is -2.50. The maximum absolute atomic E-state index is 11.3. The molecule has 0 aromatic rings. The van der Waals surface area contributed by atoms with Gasteiger partial charge in [-0.15, -0.1) is 0 Å². The molecule has 0 amide bonds. The van der Waals surface area contributed by atoms with Crippen LogP contribution in [-0.4, -0.2) is 56.2 Å². The lowest BCUT2D eigenvalue weighted by Gasteiger charge is -2.39. The summed E-state index contributed by atoms with van der Waals surface area (Å²) in [6.07, 6.45) is 4.44. The van der Waals surface area contributed by atoms with E-state index < -0.39 is 9.84 Å². The van der Waals surface area contributed by atoms with Crippen molar-refractivity contribution in [1.82, 2.24) is 5.32 Å². The number of sulfone groups is 1. The topological polar surface area (TPSA) is 55.4 Å². The highest BCUT2D eigenvalue weighted by molar-refractivity contribution is 7.99. The van der Waals surface area contributed by atoms with Crippen LogP contribution in [0.3, 0.4) is 0 Å². The maximum Gasteiger partial charge on any atom is 0.148 e. The van der Waals surface area contributed by atoms with E-state index in [9.17, 15) is 8.42 Å². The SMILES string of the molecule is CC(CS(C)(=O)=O)NC1CCOC2(CCSC2)C1. The number of hydrogen-bond acceptors (Lipinski definition) is 5. The quantitative estimate of drug-likeness (QED) is 0.840. The molecule has 2 fully saturated rings.